The maximum absolute atomic E-state index is 12.3. The van der Waals surface area contributed by atoms with Crippen LogP contribution in [0.3, 0.4) is 0 Å². The molecule has 0 aromatic heterocycles. The molecule has 0 aliphatic heterocycles. The topological polar surface area (TPSA) is 0 Å². The third-order valence-corrected chi connectivity index (χ3v) is 1.34. The summed E-state index contributed by atoms with van der Waals surface area (Å²) in [5.74, 6) is 0. The maximum atomic E-state index is 12.3. The van der Waals surface area contributed by atoms with Gasteiger partial charge in [0.1, 0.15) is 12.3 Å². The van der Waals surface area contributed by atoms with E-state index in [0.717, 1.165) is 0 Å². The Morgan fingerprint density at radius 1 is 1.15 bits per heavy atom. The van der Waals surface area contributed by atoms with Gasteiger partial charge in [-0.2, -0.15) is 13.2 Å². The Labute approximate surface area is 71.2 Å². The van der Waals surface area contributed by atoms with Crippen LogP contribution in [0.5, 0.6) is 0 Å². The van der Waals surface area contributed by atoms with Crippen LogP contribution in [0.4, 0.5) is 26.3 Å². The highest BCUT2D eigenvalue weighted by Crippen LogP contribution is 2.29. The van der Waals surface area contributed by atoms with Crippen molar-refractivity contribution in [3.8, 4) is 0 Å². The lowest BCUT2D eigenvalue weighted by atomic mass is 10.1. The Bertz CT molecular complexity index is 163. The maximum Gasteiger partial charge on any atom is 0.422 e. The van der Waals surface area contributed by atoms with Crippen molar-refractivity contribution in [3.63, 3.8) is 0 Å². The summed E-state index contributed by atoms with van der Waals surface area (Å²) in [5.41, 5.74) is 0. The first kappa shape index (κ1) is 12.3. The third-order valence-electron chi connectivity index (χ3n) is 1.34. The van der Waals surface area contributed by atoms with Crippen molar-refractivity contribution in [2.75, 3.05) is 0 Å². The van der Waals surface area contributed by atoms with Gasteiger partial charge in [-0.3, -0.25) is 0 Å². The van der Waals surface area contributed by atoms with Gasteiger partial charge >= 0.3 is 6.18 Å². The minimum atomic E-state index is -5.28. The van der Waals surface area contributed by atoms with Gasteiger partial charge in [0.25, 0.3) is 0 Å². The third kappa shape index (κ3) is 4.19. The molecule has 0 radical (unpaired) electrons. The highest BCUT2D eigenvalue weighted by molar-refractivity contribution is 4.85. The fourth-order valence-electron chi connectivity index (χ4n) is 0.636. The molecule has 0 aliphatic rings. The SMILES string of the molecule is C=CC(F)CC(F)C(F)C(F)(F)F. The van der Waals surface area contributed by atoms with Crippen molar-refractivity contribution in [2.45, 2.75) is 31.1 Å². The van der Waals surface area contributed by atoms with E-state index in [1.807, 2.05) is 0 Å². The van der Waals surface area contributed by atoms with Gasteiger partial charge in [-0.05, 0) is 0 Å². The molecule has 0 bridgehead atoms. The minimum Gasteiger partial charge on any atom is -0.244 e. The molecule has 0 saturated heterocycles. The van der Waals surface area contributed by atoms with Crippen molar-refractivity contribution in [1.82, 2.24) is 0 Å². The van der Waals surface area contributed by atoms with Gasteiger partial charge in [0.05, 0.1) is 0 Å². The standard InChI is InChI=1S/C7H8F6/c1-2-4(8)3-5(9)6(10)7(11,12)13/h2,4-6H,1,3H2. The molecular formula is C7H8F6. The van der Waals surface area contributed by atoms with Crippen molar-refractivity contribution in [1.29, 1.82) is 0 Å². The summed E-state index contributed by atoms with van der Waals surface area (Å²) in [4.78, 5) is 0. The lowest BCUT2D eigenvalue weighted by Gasteiger charge is -2.16. The van der Waals surface area contributed by atoms with E-state index in [2.05, 4.69) is 6.58 Å². The molecule has 0 amide bonds. The number of halogens is 6. The summed E-state index contributed by atoms with van der Waals surface area (Å²) in [6.07, 6.45) is -14.3. The van der Waals surface area contributed by atoms with Gasteiger partial charge < -0.3 is 0 Å². The molecule has 6 heteroatoms. The second-order valence-electron chi connectivity index (χ2n) is 2.45. The van der Waals surface area contributed by atoms with Gasteiger partial charge in [-0.25, -0.2) is 13.2 Å². The average molecular weight is 206 g/mol. The summed E-state index contributed by atoms with van der Waals surface area (Å²) in [6, 6.07) is 0. The first-order chi connectivity index (χ1) is 5.79. The molecule has 78 valence electrons. The Hall–Kier alpha value is -0.680. The van der Waals surface area contributed by atoms with Gasteiger partial charge in [-0.1, -0.05) is 6.08 Å². The van der Waals surface area contributed by atoms with E-state index < -0.39 is 31.1 Å². The van der Waals surface area contributed by atoms with Crippen LogP contribution in [0.1, 0.15) is 6.42 Å². The molecule has 0 nitrogen and oxygen atoms in total. The van der Waals surface area contributed by atoms with Gasteiger partial charge in [0.15, 0.2) is 0 Å². The van der Waals surface area contributed by atoms with Crippen LogP contribution in [-0.2, 0) is 0 Å². The van der Waals surface area contributed by atoms with Crippen LogP contribution < -0.4 is 0 Å². The summed E-state index contributed by atoms with van der Waals surface area (Å²) in [5, 5.41) is 0. The van der Waals surface area contributed by atoms with E-state index in [9.17, 15) is 26.3 Å². The quantitative estimate of drug-likeness (QED) is 0.489. The fraction of sp³-hybridized carbons (Fsp3) is 0.714. The van der Waals surface area contributed by atoms with Crippen molar-refractivity contribution >= 4 is 0 Å². The predicted octanol–water partition coefficient (Wildman–Crippen LogP) is 3.14. The van der Waals surface area contributed by atoms with E-state index in [1.54, 1.807) is 0 Å². The first-order valence-electron chi connectivity index (χ1n) is 3.40. The van der Waals surface area contributed by atoms with E-state index in [1.165, 1.54) is 0 Å². The summed E-state index contributed by atoms with van der Waals surface area (Å²) in [7, 11) is 0. The van der Waals surface area contributed by atoms with E-state index in [4.69, 9.17) is 0 Å². The lowest BCUT2D eigenvalue weighted by molar-refractivity contribution is -0.197. The molecule has 13 heavy (non-hydrogen) atoms. The van der Waals surface area contributed by atoms with Crippen molar-refractivity contribution in [3.05, 3.63) is 12.7 Å². The molecule has 3 atom stereocenters. The molecule has 3 unspecified atom stereocenters. The monoisotopic (exact) mass is 206 g/mol. The Morgan fingerprint density at radius 2 is 1.62 bits per heavy atom. The molecule has 0 spiro atoms. The normalized spacial score (nSPS) is 19.2. The number of hydrogen-bond acceptors (Lipinski definition) is 0. The lowest BCUT2D eigenvalue weighted by Crippen LogP contribution is -2.34. The fourth-order valence-corrected chi connectivity index (χ4v) is 0.636. The zero-order valence-corrected chi connectivity index (χ0v) is 6.49. The van der Waals surface area contributed by atoms with Crippen LogP contribution in [0.25, 0.3) is 0 Å². The van der Waals surface area contributed by atoms with E-state index in [0.29, 0.717) is 6.08 Å². The molecule has 0 N–H and O–H groups in total. The Kier molecular flexibility index (Phi) is 4.29. The van der Waals surface area contributed by atoms with Gasteiger partial charge in [0.2, 0.25) is 6.17 Å². The molecule has 0 aromatic carbocycles. The van der Waals surface area contributed by atoms with Crippen LogP contribution in [0.15, 0.2) is 12.7 Å². The van der Waals surface area contributed by atoms with Crippen LogP contribution in [0, 0.1) is 0 Å². The molecule has 0 aromatic rings. The van der Waals surface area contributed by atoms with Gasteiger partial charge in [0, 0.05) is 6.42 Å². The second-order valence-corrected chi connectivity index (χ2v) is 2.45. The number of hydrogen-bond donors (Lipinski definition) is 0. The smallest absolute Gasteiger partial charge is 0.244 e. The first-order valence-corrected chi connectivity index (χ1v) is 3.40. The van der Waals surface area contributed by atoms with E-state index in [-0.39, 0.29) is 0 Å². The van der Waals surface area contributed by atoms with Crippen LogP contribution in [-0.4, -0.2) is 24.7 Å². The van der Waals surface area contributed by atoms with Crippen LogP contribution in [0.2, 0.25) is 0 Å². The zero-order valence-electron chi connectivity index (χ0n) is 6.49. The van der Waals surface area contributed by atoms with E-state index >= 15 is 0 Å². The minimum absolute atomic E-state index is 0.621. The highest BCUT2D eigenvalue weighted by atomic mass is 19.4. The Morgan fingerprint density at radius 3 is 1.92 bits per heavy atom. The predicted molar refractivity (Wildman–Crippen MR) is 35.6 cm³/mol. The molecule has 0 aliphatic carbocycles. The average Bonchev–Trinajstić information content (AvgIpc) is 2.01. The Balaban J connectivity index is 4.11. The molecule has 0 fully saturated rings. The molecule has 0 rings (SSSR count). The molecule has 0 heterocycles. The number of rotatable bonds is 4. The van der Waals surface area contributed by atoms with Crippen molar-refractivity contribution in [2.24, 2.45) is 0 Å². The largest absolute Gasteiger partial charge is 0.422 e. The van der Waals surface area contributed by atoms with Gasteiger partial charge in [-0.15, -0.1) is 6.58 Å². The summed E-state index contributed by atoms with van der Waals surface area (Å²) in [6.45, 7) is 2.89. The summed E-state index contributed by atoms with van der Waals surface area (Å²) >= 11 is 0. The van der Waals surface area contributed by atoms with Crippen molar-refractivity contribution < 1.29 is 26.3 Å². The van der Waals surface area contributed by atoms with Crippen LogP contribution >= 0.6 is 0 Å². The second kappa shape index (κ2) is 4.53. The molecular weight excluding hydrogens is 198 g/mol. The number of alkyl halides is 6. The summed E-state index contributed by atoms with van der Waals surface area (Å²) < 4.78 is 71.2. The highest BCUT2D eigenvalue weighted by Gasteiger charge is 2.46. The number of allylic oxidation sites excluding steroid dienone is 1. The molecule has 0 saturated carbocycles. The zero-order chi connectivity index (χ0) is 10.6.